The van der Waals surface area contributed by atoms with Gasteiger partial charge < -0.3 is 15.2 Å². The molecular formula is C21H27NO4. The number of benzene rings is 1. The molecular weight excluding hydrogens is 330 g/mol. The van der Waals surface area contributed by atoms with Gasteiger partial charge in [0.15, 0.2) is 12.7 Å². The third-order valence-electron chi connectivity index (χ3n) is 6.51. The number of hydrogen-bond donors (Lipinski definition) is 2. The van der Waals surface area contributed by atoms with E-state index in [1.165, 1.54) is 38.5 Å². The summed E-state index contributed by atoms with van der Waals surface area (Å²) in [6.07, 6.45) is 6.46. The molecule has 26 heavy (non-hydrogen) atoms. The molecule has 5 rings (SSSR count). The molecule has 0 spiro atoms. The summed E-state index contributed by atoms with van der Waals surface area (Å²) in [7, 11) is 0. The SMILES string of the molecule is O=C(COC(=O)[C@@H](O)c1ccccc1)NCC12CC3CC(CC(C3)C1)C2. The molecule has 1 atom stereocenters. The van der Waals surface area contributed by atoms with Crippen LogP contribution >= 0.6 is 0 Å². The van der Waals surface area contributed by atoms with Crippen molar-refractivity contribution in [2.75, 3.05) is 13.2 Å². The molecule has 0 heterocycles. The van der Waals surface area contributed by atoms with Gasteiger partial charge in [0.2, 0.25) is 0 Å². The standard InChI is InChI=1S/C21H27NO4/c23-18(12-26-20(25)19(24)17-4-2-1-3-5-17)22-13-21-9-14-6-15(10-21)8-16(7-14)11-21/h1-5,14-16,19,24H,6-13H2,(H,22,23)/t14?,15?,16?,19-,21?/m0/s1. The highest BCUT2D eigenvalue weighted by Gasteiger charge is 2.50. The first kappa shape index (κ1) is 17.5. The number of carbonyl (C=O) groups excluding carboxylic acids is 2. The normalized spacial score (nSPS) is 32.9. The van der Waals surface area contributed by atoms with Crippen LogP contribution in [0, 0.1) is 23.2 Å². The number of ether oxygens (including phenoxy) is 1. The highest BCUT2D eigenvalue weighted by atomic mass is 16.5. The lowest BCUT2D eigenvalue weighted by Crippen LogP contribution is -2.51. The summed E-state index contributed by atoms with van der Waals surface area (Å²) in [5.74, 6) is 1.46. The molecule has 140 valence electrons. The summed E-state index contributed by atoms with van der Waals surface area (Å²) in [5, 5.41) is 13.0. The van der Waals surface area contributed by atoms with Crippen LogP contribution in [0.15, 0.2) is 30.3 Å². The average Bonchev–Trinajstić information content (AvgIpc) is 2.63. The van der Waals surface area contributed by atoms with Crippen molar-refractivity contribution in [3.8, 4) is 0 Å². The number of amides is 1. The van der Waals surface area contributed by atoms with Crippen molar-refractivity contribution in [3.05, 3.63) is 35.9 Å². The first-order valence-corrected chi connectivity index (χ1v) is 9.69. The minimum atomic E-state index is -1.35. The van der Waals surface area contributed by atoms with Gasteiger partial charge in [0.25, 0.3) is 5.91 Å². The fourth-order valence-electron chi connectivity index (χ4n) is 5.83. The van der Waals surface area contributed by atoms with E-state index in [4.69, 9.17) is 4.74 Å². The van der Waals surface area contributed by atoms with Crippen molar-refractivity contribution in [1.29, 1.82) is 0 Å². The minimum absolute atomic E-state index is 0.262. The Morgan fingerprint density at radius 2 is 1.65 bits per heavy atom. The molecule has 4 aliphatic carbocycles. The molecule has 5 nitrogen and oxygen atoms in total. The largest absolute Gasteiger partial charge is 0.453 e. The summed E-state index contributed by atoms with van der Waals surface area (Å²) in [6, 6.07) is 8.59. The van der Waals surface area contributed by atoms with Crippen LogP contribution in [0.1, 0.15) is 50.2 Å². The molecule has 4 fully saturated rings. The van der Waals surface area contributed by atoms with Crippen molar-refractivity contribution in [2.24, 2.45) is 23.2 Å². The van der Waals surface area contributed by atoms with Crippen molar-refractivity contribution in [1.82, 2.24) is 5.32 Å². The molecule has 0 radical (unpaired) electrons. The molecule has 4 aliphatic rings. The fourth-order valence-corrected chi connectivity index (χ4v) is 5.83. The van der Waals surface area contributed by atoms with E-state index in [-0.39, 0.29) is 17.9 Å². The molecule has 5 heteroatoms. The maximum Gasteiger partial charge on any atom is 0.340 e. The number of hydrogen-bond acceptors (Lipinski definition) is 4. The Kier molecular flexibility index (Phi) is 4.74. The van der Waals surface area contributed by atoms with Crippen LogP contribution in [0.5, 0.6) is 0 Å². The molecule has 0 aliphatic heterocycles. The lowest BCUT2D eigenvalue weighted by atomic mass is 9.49. The highest BCUT2D eigenvalue weighted by Crippen LogP contribution is 2.59. The molecule has 0 saturated heterocycles. The first-order chi connectivity index (χ1) is 12.5. The minimum Gasteiger partial charge on any atom is -0.453 e. The Hall–Kier alpha value is -1.88. The third kappa shape index (κ3) is 3.63. The molecule has 1 aromatic carbocycles. The zero-order chi connectivity index (χ0) is 18.1. The Morgan fingerprint density at radius 1 is 1.08 bits per heavy atom. The van der Waals surface area contributed by atoms with E-state index >= 15 is 0 Å². The van der Waals surface area contributed by atoms with Crippen LogP contribution in [-0.4, -0.2) is 30.1 Å². The monoisotopic (exact) mass is 357 g/mol. The second-order valence-electron chi connectivity index (χ2n) is 8.62. The third-order valence-corrected chi connectivity index (χ3v) is 6.51. The van der Waals surface area contributed by atoms with E-state index in [9.17, 15) is 14.7 Å². The highest BCUT2D eigenvalue weighted by molar-refractivity contribution is 5.82. The second-order valence-corrected chi connectivity index (χ2v) is 8.62. The summed E-state index contributed by atoms with van der Waals surface area (Å²) in [4.78, 5) is 24.1. The Labute approximate surface area is 154 Å². The summed E-state index contributed by atoms with van der Waals surface area (Å²) < 4.78 is 4.99. The molecule has 4 saturated carbocycles. The molecule has 1 aromatic rings. The van der Waals surface area contributed by atoms with E-state index < -0.39 is 12.1 Å². The van der Waals surface area contributed by atoms with E-state index in [0.717, 1.165) is 17.8 Å². The summed E-state index contributed by atoms with van der Waals surface area (Å²) >= 11 is 0. The lowest BCUT2D eigenvalue weighted by Gasteiger charge is -2.56. The van der Waals surface area contributed by atoms with E-state index in [2.05, 4.69) is 5.32 Å². The van der Waals surface area contributed by atoms with Crippen molar-refractivity contribution >= 4 is 11.9 Å². The van der Waals surface area contributed by atoms with Crippen LogP contribution in [0.4, 0.5) is 0 Å². The second kappa shape index (κ2) is 7.03. The lowest BCUT2D eigenvalue weighted by molar-refractivity contribution is -0.157. The van der Waals surface area contributed by atoms with Crippen LogP contribution in [-0.2, 0) is 14.3 Å². The van der Waals surface area contributed by atoms with Crippen molar-refractivity contribution < 1.29 is 19.4 Å². The van der Waals surface area contributed by atoms with Gasteiger partial charge in [-0.2, -0.15) is 0 Å². The van der Waals surface area contributed by atoms with Gasteiger partial charge in [-0.25, -0.2) is 4.79 Å². The Balaban J connectivity index is 1.24. The zero-order valence-corrected chi connectivity index (χ0v) is 15.0. The van der Waals surface area contributed by atoms with Gasteiger partial charge in [-0.3, -0.25) is 4.79 Å². The van der Waals surface area contributed by atoms with Gasteiger partial charge in [0.05, 0.1) is 0 Å². The van der Waals surface area contributed by atoms with Crippen molar-refractivity contribution in [3.63, 3.8) is 0 Å². The predicted molar refractivity (Wildman–Crippen MR) is 96.0 cm³/mol. The quantitative estimate of drug-likeness (QED) is 0.768. The molecule has 0 unspecified atom stereocenters. The molecule has 2 N–H and O–H groups in total. The van der Waals surface area contributed by atoms with Gasteiger partial charge in [0.1, 0.15) is 0 Å². The number of esters is 1. The predicted octanol–water partition coefficient (Wildman–Crippen LogP) is 2.60. The molecule has 1 amide bonds. The van der Waals surface area contributed by atoms with E-state index in [0.29, 0.717) is 12.1 Å². The van der Waals surface area contributed by atoms with Crippen molar-refractivity contribution in [2.45, 2.75) is 44.6 Å². The van der Waals surface area contributed by atoms with Gasteiger partial charge >= 0.3 is 5.97 Å². The maximum atomic E-state index is 12.1. The summed E-state index contributed by atoms with van der Waals surface area (Å²) in [6.45, 7) is 0.350. The number of carbonyl (C=O) groups is 2. The van der Waals surface area contributed by atoms with Crippen LogP contribution < -0.4 is 5.32 Å². The average molecular weight is 357 g/mol. The molecule has 0 aromatic heterocycles. The molecule has 4 bridgehead atoms. The number of aliphatic hydroxyl groups excluding tert-OH is 1. The van der Waals surface area contributed by atoms with Gasteiger partial charge in [-0.05, 0) is 67.3 Å². The van der Waals surface area contributed by atoms with E-state index in [1.807, 2.05) is 0 Å². The topological polar surface area (TPSA) is 75.6 Å². The van der Waals surface area contributed by atoms with Gasteiger partial charge in [0, 0.05) is 6.54 Å². The summed E-state index contributed by atoms with van der Waals surface area (Å²) in [5.41, 5.74) is 0.726. The first-order valence-electron chi connectivity index (χ1n) is 9.69. The number of aliphatic hydroxyl groups is 1. The van der Waals surface area contributed by atoms with Crippen LogP contribution in [0.3, 0.4) is 0 Å². The van der Waals surface area contributed by atoms with Gasteiger partial charge in [-0.15, -0.1) is 0 Å². The zero-order valence-electron chi connectivity index (χ0n) is 15.0. The van der Waals surface area contributed by atoms with Crippen LogP contribution in [0.25, 0.3) is 0 Å². The number of nitrogens with one attached hydrogen (secondary N) is 1. The van der Waals surface area contributed by atoms with Crippen LogP contribution in [0.2, 0.25) is 0 Å². The van der Waals surface area contributed by atoms with Gasteiger partial charge in [-0.1, -0.05) is 30.3 Å². The Morgan fingerprint density at radius 3 is 2.23 bits per heavy atom. The number of rotatable bonds is 6. The maximum absolute atomic E-state index is 12.1. The smallest absolute Gasteiger partial charge is 0.340 e. The van der Waals surface area contributed by atoms with E-state index in [1.54, 1.807) is 30.3 Å². The fraction of sp³-hybridized carbons (Fsp3) is 0.619. The Bertz CT molecular complexity index is 637.